The molecule has 0 saturated heterocycles. The van der Waals surface area contributed by atoms with E-state index in [4.69, 9.17) is 16.3 Å². The molecule has 5 rings (SSSR count). The third-order valence-electron chi connectivity index (χ3n) is 6.71. The summed E-state index contributed by atoms with van der Waals surface area (Å²) in [5, 5.41) is 12.2. The van der Waals surface area contributed by atoms with Gasteiger partial charge < -0.3 is 9.84 Å². The van der Waals surface area contributed by atoms with Crippen molar-refractivity contribution in [1.29, 1.82) is 0 Å². The third kappa shape index (κ3) is 5.14. The lowest BCUT2D eigenvalue weighted by atomic mass is 9.93. The largest absolute Gasteiger partial charge is 0.481 e. The van der Waals surface area contributed by atoms with Crippen LogP contribution < -0.4 is 5.32 Å². The van der Waals surface area contributed by atoms with Crippen molar-refractivity contribution >= 4 is 40.7 Å². The highest BCUT2D eigenvalue weighted by Gasteiger charge is 2.51. The Morgan fingerprint density at radius 3 is 2.13 bits per heavy atom. The number of hydrogen-bond acceptors (Lipinski definition) is 4. The summed E-state index contributed by atoms with van der Waals surface area (Å²) in [4.78, 5) is 24.9. The smallest absolute Gasteiger partial charge is 0.412 e. The second-order valence-corrected chi connectivity index (χ2v) is 10.9. The number of hydrogen-bond donors (Lipinski definition) is 2. The van der Waals surface area contributed by atoms with Crippen LogP contribution in [0, 0.1) is 11.6 Å². The van der Waals surface area contributed by atoms with Crippen LogP contribution in [0.5, 0.6) is 0 Å². The van der Waals surface area contributed by atoms with Crippen LogP contribution in [0.2, 0.25) is 4.34 Å². The predicted molar refractivity (Wildman–Crippen MR) is 144 cm³/mol. The number of benzene rings is 3. The van der Waals surface area contributed by atoms with Crippen molar-refractivity contribution < 1.29 is 28.2 Å². The Morgan fingerprint density at radius 1 is 0.947 bits per heavy atom. The molecule has 0 aliphatic heterocycles. The van der Waals surface area contributed by atoms with Crippen molar-refractivity contribution in [1.82, 2.24) is 0 Å². The number of nitrogens with one attached hydrogen (secondary N) is 1. The van der Waals surface area contributed by atoms with E-state index in [1.807, 2.05) is 48.5 Å². The summed E-state index contributed by atoms with van der Waals surface area (Å²) in [5.41, 5.74) is 3.60. The zero-order valence-corrected chi connectivity index (χ0v) is 21.7. The highest BCUT2D eigenvalue weighted by Crippen LogP contribution is 2.48. The first kappa shape index (κ1) is 25.9. The lowest BCUT2D eigenvalue weighted by Crippen LogP contribution is -2.19. The van der Waals surface area contributed by atoms with Crippen LogP contribution >= 0.6 is 22.9 Å². The maximum Gasteiger partial charge on any atom is 0.412 e. The molecule has 1 aliphatic carbocycles. The maximum absolute atomic E-state index is 13.5. The number of carboxylic acids is 1. The zero-order valence-electron chi connectivity index (χ0n) is 20.1. The van der Waals surface area contributed by atoms with E-state index in [0.717, 1.165) is 39.3 Å². The van der Waals surface area contributed by atoms with Gasteiger partial charge in [0.05, 0.1) is 20.3 Å². The number of carboxylic acid groups (broad SMARTS) is 1. The Labute approximate surface area is 226 Å². The predicted octanol–water partition coefficient (Wildman–Crippen LogP) is 8.44. The second kappa shape index (κ2) is 10.2. The van der Waals surface area contributed by atoms with Crippen molar-refractivity contribution in [3.63, 3.8) is 0 Å². The van der Waals surface area contributed by atoms with Crippen molar-refractivity contribution in [3.05, 3.63) is 99.9 Å². The summed E-state index contributed by atoms with van der Waals surface area (Å²) in [7, 11) is 0. The van der Waals surface area contributed by atoms with Gasteiger partial charge in [-0.1, -0.05) is 66.2 Å². The quantitative estimate of drug-likeness (QED) is 0.241. The topological polar surface area (TPSA) is 75.6 Å². The molecule has 0 spiro atoms. The summed E-state index contributed by atoms with van der Waals surface area (Å²) in [6.07, 6.45) is -0.246. The molecule has 1 saturated carbocycles. The van der Waals surface area contributed by atoms with Gasteiger partial charge in [0.1, 0.15) is 6.10 Å². The van der Waals surface area contributed by atoms with Crippen molar-refractivity contribution in [2.45, 2.75) is 31.3 Å². The molecule has 0 radical (unpaired) electrons. The Kier molecular flexibility index (Phi) is 6.94. The molecule has 9 heteroatoms. The van der Waals surface area contributed by atoms with Gasteiger partial charge in [0.2, 0.25) is 0 Å². The van der Waals surface area contributed by atoms with Crippen LogP contribution in [0.4, 0.5) is 19.3 Å². The number of halogens is 3. The minimum absolute atomic E-state index is 0.321. The minimum atomic E-state index is -1.02. The number of thiophene rings is 1. The van der Waals surface area contributed by atoms with E-state index in [1.54, 1.807) is 13.0 Å². The summed E-state index contributed by atoms with van der Waals surface area (Å²) in [6.45, 7) is 1.56. The van der Waals surface area contributed by atoms with Gasteiger partial charge in [-0.25, -0.2) is 13.6 Å². The molecule has 1 aliphatic rings. The number of aliphatic carboxylic acids is 1. The van der Waals surface area contributed by atoms with E-state index in [-0.39, 0.29) is 0 Å². The van der Waals surface area contributed by atoms with Crippen LogP contribution in [0.25, 0.3) is 21.6 Å². The third-order valence-corrected chi connectivity index (χ3v) is 8.03. The summed E-state index contributed by atoms with van der Waals surface area (Å²) in [5.74, 6) is -2.77. The molecule has 1 atom stereocenters. The number of rotatable bonds is 7. The molecule has 194 valence electrons. The molecule has 0 bridgehead atoms. The van der Waals surface area contributed by atoms with Crippen LogP contribution in [0.3, 0.4) is 0 Å². The molecule has 3 aromatic carbocycles. The Morgan fingerprint density at radius 2 is 1.55 bits per heavy atom. The molecular weight excluding hydrogens is 532 g/mol. The van der Waals surface area contributed by atoms with Crippen LogP contribution in [-0.4, -0.2) is 17.2 Å². The van der Waals surface area contributed by atoms with Gasteiger partial charge in [-0.3, -0.25) is 10.1 Å². The highest BCUT2D eigenvalue weighted by atomic mass is 35.5. The van der Waals surface area contributed by atoms with Gasteiger partial charge in [0.25, 0.3) is 0 Å². The second-order valence-electron chi connectivity index (χ2n) is 9.18. The van der Waals surface area contributed by atoms with Crippen LogP contribution in [0.15, 0.2) is 72.8 Å². The lowest BCUT2D eigenvalue weighted by Gasteiger charge is -2.15. The highest BCUT2D eigenvalue weighted by molar-refractivity contribution is 7.20. The van der Waals surface area contributed by atoms with Crippen molar-refractivity contribution in [2.24, 2.45) is 0 Å². The number of anilines is 1. The lowest BCUT2D eigenvalue weighted by molar-refractivity contribution is -0.140. The average Bonchev–Trinajstić information content (AvgIpc) is 3.64. The first-order valence-corrected chi connectivity index (χ1v) is 13.0. The minimum Gasteiger partial charge on any atom is -0.481 e. The van der Waals surface area contributed by atoms with Crippen LogP contribution in [-0.2, 0) is 14.9 Å². The first-order valence-electron chi connectivity index (χ1n) is 11.8. The molecule has 1 fully saturated rings. The molecule has 1 unspecified atom stereocenters. The van der Waals surface area contributed by atoms with Gasteiger partial charge in [-0.15, -0.1) is 11.3 Å². The van der Waals surface area contributed by atoms with Gasteiger partial charge in [-0.2, -0.15) is 0 Å². The fourth-order valence-electron chi connectivity index (χ4n) is 4.35. The van der Waals surface area contributed by atoms with E-state index in [9.17, 15) is 23.5 Å². The molecular formula is C29H22ClF2NO4S. The van der Waals surface area contributed by atoms with Crippen LogP contribution in [0.1, 0.15) is 37.0 Å². The van der Waals surface area contributed by atoms with Gasteiger partial charge in [-0.05, 0) is 65.8 Å². The average molecular weight is 554 g/mol. The molecule has 1 aromatic heterocycles. The zero-order chi connectivity index (χ0) is 27.0. The molecule has 2 N–H and O–H groups in total. The van der Waals surface area contributed by atoms with Crippen molar-refractivity contribution in [2.75, 3.05) is 5.32 Å². The normalized spacial score (nSPS) is 14.5. The first-order chi connectivity index (χ1) is 18.2. The molecule has 5 nitrogen and oxygen atoms in total. The molecule has 4 aromatic rings. The molecule has 38 heavy (non-hydrogen) atoms. The van der Waals surface area contributed by atoms with Gasteiger partial charge in [0.15, 0.2) is 11.6 Å². The monoisotopic (exact) mass is 553 g/mol. The van der Waals surface area contributed by atoms with Gasteiger partial charge in [0, 0.05) is 0 Å². The SMILES string of the molecule is CC(OC(=O)Nc1cc(Cl)sc1-c1ccc(-c2ccc(C3(C(=O)O)CC3)cc2)cc1)c1ccc(F)c(F)c1. The summed E-state index contributed by atoms with van der Waals surface area (Å²) >= 11 is 7.54. The maximum atomic E-state index is 13.5. The van der Waals surface area contributed by atoms with E-state index in [0.29, 0.717) is 28.4 Å². The van der Waals surface area contributed by atoms with Gasteiger partial charge >= 0.3 is 12.1 Å². The van der Waals surface area contributed by atoms with E-state index < -0.39 is 35.2 Å². The van der Waals surface area contributed by atoms with E-state index in [1.165, 1.54) is 17.4 Å². The summed E-state index contributed by atoms with van der Waals surface area (Å²) < 4.78 is 32.6. The fourth-order valence-corrected chi connectivity index (χ4v) is 5.53. The van der Waals surface area contributed by atoms with E-state index in [2.05, 4.69) is 5.32 Å². The van der Waals surface area contributed by atoms with Crippen molar-refractivity contribution in [3.8, 4) is 21.6 Å². The molecule has 1 heterocycles. The standard InChI is InChI=1S/C29H22ClF2NO4S/c1-16(20-8-11-22(31)23(32)14-20)37-28(36)33-24-15-25(30)38-26(24)19-4-2-17(3-5-19)18-6-9-21(10-7-18)29(12-13-29)27(34)35/h2-11,14-16H,12-13H2,1H3,(H,33,36)(H,34,35). The summed E-state index contributed by atoms with van der Waals surface area (Å²) in [6, 6.07) is 20.2. The number of carbonyl (C=O) groups is 2. The number of carbonyl (C=O) groups excluding carboxylic acids is 1. The number of ether oxygens (including phenoxy) is 1. The Hall–Kier alpha value is -3.75. The Bertz CT molecular complexity index is 1510. The number of amides is 1. The molecule has 1 amide bonds. The fraction of sp³-hybridized carbons (Fsp3) is 0.172. The van der Waals surface area contributed by atoms with E-state index >= 15 is 0 Å². The Balaban J connectivity index is 1.29.